The van der Waals surface area contributed by atoms with Gasteiger partial charge in [-0.2, -0.15) is 4.98 Å². The Morgan fingerprint density at radius 1 is 1.26 bits per heavy atom. The first-order valence-electron chi connectivity index (χ1n) is 11.5. The molecule has 35 heavy (non-hydrogen) atoms. The lowest BCUT2D eigenvalue weighted by molar-refractivity contribution is 0.101. The van der Waals surface area contributed by atoms with Crippen LogP contribution in [0.2, 0.25) is 5.02 Å². The van der Waals surface area contributed by atoms with Gasteiger partial charge in [0.1, 0.15) is 17.8 Å². The Labute approximate surface area is 206 Å². The number of anilines is 1. The zero-order valence-electron chi connectivity index (χ0n) is 19.7. The number of rotatable bonds is 5. The maximum Gasteiger partial charge on any atom is 0.417 e. The van der Waals surface area contributed by atoms with Gasteiger partial charge in [0.05, 0.1) is 11.1 Å². The average molecular weight is 501 g/mol. The number of carbonyl (C=O) groups excluding carboxylic acids is 2. The molecular formula is C24H26ClFN6O3. The fraction of sp³-hybridized carbons (Fsp3) is 0.417. The number of nitrogens with one attached hydrogen (secondary N) is 1. The van der Waals surface area contributed by atoms with Crippen molar-refractivity contribution in [3.8, 4) is 6.01 Å². The van der Waals surface area contributed by atoms with Crippen LogP contribution in [0.4, 0.5) is 14.9 Å². The minimum atomic E-state index is -0.551. The molecule has 2 aliphatic carbocycles. The zero-order valence-corrected chi connectivity index (χ0v) is 20.5. The lowest BCUT2D eigenvalue weighted by Crippen LogP contribution is -2.33. The molecule has 0 aliphatic heterocycles. The van der Waals surface area contributed by atoms with Gasteiger partial charge in [-0.3, -0.25) is 9.48 Å². The van der Waals surface area contributed by atoms with E-state index in [-0.39, 0.29) is 23.0 Å². The topological polar surface area (TPSA) is 94.3 Å². The molecule has 0 spiro atoms. The summed E-state index contributed by atoms with van der Waals surface area (Å²) in [6.45, 7) is 0. The first-order chi connectivity index (χ1) is 16.7. The van der Waals surface area contributed by atoms with Crippen LogP contribution in [0.3, 0.4) is 0 Å². The third-order valence-electron chi connectivity index (χ3n) is 6.98. The van der Waals surface area contributed by atoms with Gasteiger partial charge in [-0.1, -0.05) is 18.0 Å². The van der Waals surface area contributed by atoms with Crippen LogP contribution in [0.5, 0.6) is 6.01 Å². The molecule has 2 amide bonds. The van der Waals surface area contributed by atoms with Crippen molar-refractivity contribution >= 4 is 29.3 Å². The normalized spacial score (nSPS) is 17.1. The Bertz CT molecular complexity index is 1310. The van der Waals surface area contributed by atoms with Gasteiger partial charge in [-0.25, -0.2) is 9.18 Å². The molecule has 1 fully saturated rings. The number of ether oxygens (including phenoxy) is 1. The molecule has 9 nitrogen and oxygen atoms in total. The third kappa shape index (κ3) is 4.16. The number of halogens is 2. The molecular weight excluding hydrogens is 475 g/mol. The highest BCUT2D eigenvalue weighted by atomic mass is 35.5. The van der Waals surface area contributed by atoms with Gasteiger partial charge in [0.15, 0.2) is 0 Å². The molecule has 0 saturated heterocycles. The van der Waals surface area contributed by atoms with E-state index in [4.69, 9.17) is 16.3 Å². The number of nitrogens with zero attached hydrogens (tertiary/aromatic N) is 5. The van der Waals surface area contributed by atoms with Crippen molar-refractivity contribution < 1.29 is 18.7 Å². The van der Waals surface area contributed by atoms with Gasteiger partial charge in [-0.05, 0) is 60.9 Å². The lowest BCUT2D eigenvalue weighted by Gasteiger charge is -2.31. The number of benzene rings is 1. The van der Waals surface area contributed by atoms with Crippen LogP contribution in [-0.2, 0) is 20.5 Å². The predicted molar refractivity (Wildman–Crippen MR) is 127 cm³/mol. The average Bonchev–Trinajstić information content (AvgIpc) is 3.45. The van der Waals surface area contributed by atoms with Crippen LogP contribution < -0.4 is 10.1 Å². The van der Waals surface area contributed by atoms with Crippen LogP contribution in [-0.4, -0.2) is 43.3 Å². The number of aromatic nitrogens is 4. The van der Waals surface area contributed by atoms with E-state index in [9.17, 15) is 14.0 Å². The van der Waals surface area contributed by atoms with Crippen LogP contribution in [0.25, 0.3) is 0 Å². The molecule has 0 bridgehead atoms. The maximum atomic E-state index is 13.6. The number of carbonyl (C=O) groups is 2. The summed E-state index contributed by atoms with van der Waals surface area (Å²) in [5, 5.41) is 6.81. The molecule has 1 saturated carbocycles. The lowest BCUT2D eigenvalue weighted by atomic mass is 9.80. The molecule has 2 aromatic heterocycles. The fourth-order valence-electron chi connectivity index (χ4n) is 5.10. The van der Waals surface area contributed by atoms with Gasteiger partial charge in [0, 0.05) is 32.5 Å². The molecule has 1 atom stereocenters. The molecule has 1 aromatic carbocycles. The summed E-state index contributed by atoms with van der Waals surface area (Å²) in [4.78, 5) is 31.8. The molecule has 1 unspecified atom stereocenters. The van der Waals surface area contributed by atoms with Crippen molar-refractivity contribution in [3.63, 3.8) is 0 Å². The second-order valence-electron chi connectivity index (χ2n) is 9.13. The van der Waals surface area contributed by atoms with Gasteiger partial charge >= 0.3 is 12.1 Å². The summed E-state index contributed by atoms with van der Waals surface area (Å²) in [7, 11) is 5.28. The van der Waals surface area contributed by atoms with Gasteiger partial charge in [-0.15, -0.1) is 5.10 Å². The van der Waals surface area contributed by atoms with Crippen LogP contribution >= 0.6 is 11.6 Å². The van der Waals surface area contributed by atoms with E-state index in [0.717, 1.165) is 36.1 Å². The third-order valence-corrected chi connectivity index (χ3v) is 7.27. The summed E-state index contributed by atoms with van der Waals surface area (Å²) < 4.78 is 22.3. The van der Waals surface area contributed by atoms with Gasteiger partial charge in [0.2, 0.25) is 0 Å². The molecule has 1 N–H and O–H groups in total. The second kappa shape index (κ2) is 8.99. The quantitative estimate of drug-likeness (QED) is 0.553. The number of hydrogen-bond acceptors (Lipinski definition) is 5. The maximum absolute atomic E-state index is 13.6. The van der Waals surface area contributed by atoms with E-state index < -0.39 is 11.9 Å². The van der Waals surface area contributed by atoms with Crippen molar-refractivity contribution in [2.24, 2.45) is 14.1 Å². The van der Waals surface area contributed by atoms with Crippen LogP contribution in [0.15, 0.2) is 24.5 Å². The molecule has 3 aromatic rings. The molecule has 5 rings (SSSR count). The Hall–Kier alpha value is -3.40. The molecule has 184 valence electrons. The second-order valence-corrected chi connectivity index (χ2v) is 9.54. The largest absolute Gasteiger partial charge is 0.417 e. The molecule has 2 heterocycles. The Kier molecular flexibility index (Phi) is 6.00. The summed E-state index contributed by atoms with van der Waals surface area (Å²) >= 11 is 5.89. The van der Waals surface area contributed by atoms with Crippen molar-refractivity contribution in [2.75, 3.05) is 12.4 Å². The fourth-order valence-corrected chi connectivity index (χ4v) is 5.28. The Morgan fingerprint density at radius 3 is 2.66 bits per heavy atom. The van der Waals surface area contributed by atoms with Crippen molar-refractivity contribution in [1.29, 1.82) is 0 Å². The zero-order chi connectivity index (χ0) is 24.9. The van der Waals surface area contributed by atoms with Crippen molar-refractivity contribution in [3.05, 3.63) is 57.9 Å². The van der Waals surface area contributed by atoms with Gasteiger partial charge in [0.25, 0.3) is 5.91 Å². The van der Waals surface area contributed by atoms with Crippen LogP contribution in [0, 0.1) is 5.82 Å². The summed E-state index contributed by atoms with van der Waals surface area (Å²) in [5.74, 6) is -0.506. The number of fused-ring (bicyclic) bond motifs is 1. The van der Waals surface area contributed by atoms with Gasteiger partial charge < -0.3 is 19.5 Å². The standard InChI is InChI=1S/C24H26ClFN6O3/c1-30-12-27-23(29-30)35-24(34)31(2)18-10-8-15-19(18)20(13-5-4-6-13)32(3)21(15)22(33)28-14-7-9-17(26)16(25)11-14/h7,9,11-13,18H,4-6,8,10H2,1-3H3,(H,28,33). The molecule has 2 aliphatic rings. The van der Waals surface area contributed by atoms with E-state index in [1.165, 1.54) is 29.2 Å². The minimum absolute atomic E-state index is 0.00660. The highest BCUT2D eigenvalue weighted by molar-refractivity contribution is 6.31. The van der Waals surface area contributed by atoms with E-state index in [1.807, 2.05) is 11.6 Å². The first-order valence-corrected chi connectivity index (χ1v) is 11.9. The number of aryl methyl sites for hydroxylation is 1. The molecule has 0 radical (unpaired) electrons. The Morgan fingerprint density at radius 2 is 2.03 bits per heavy atom. The minimum Gasteiger partial charge on any atom is -0.373 e. The van der Waals surface area contributed by atoms with E-state index >= 15 is 0 Å². The van der Waals surface area contributed by atoms with Crippen LogP contribution in [0.1, 0.15) is 65.0 Å². The monoisotopic (exact) mass is 500 g/mol. The predicted octanol–water partition coefficient (Wildman–Crippen LogP) is 4.58. The number of hydrogen-bond donors (Lipinski definition) is 1. The molecule has 11 heteroatoms. The SMILES string of the molecule is CN(C(=O)Oc1ncn(C)n1)C1CCc2c1c(C1CCC1)n(C)c2C(=O)Nc1ccc(F)c(Cl)c1. The smallest absolute Gasteiger partial charge is 0.373 e. The first kappa shape index (κ1) is 23.3. The summed E-state index contributed by atoms with van der Waals surface area (Å²) in [5.41, 5.74) is 4.01. The highest BCUT2D eigenvalue weighted by Gasteiger charge is 2.41. The Balaban J connectivity index is 1.46. The van der Waals surface area contributed by atoms with E-state index in [1.54, 1.807) is 19.0 Å². The van der Waals surface area contributed by atoms with E-state index in [0.29, 0.717) is 30.1 Å². The number of amides is 2. The highest BCUT2D eigenvalue weighted by Crippen LogP contribution is 2.48. The summed E-state index contributed by atoms with van der Waals surface area (Å²) in [6, 6.07) is 3.86. The summed E-state index contributed by atoms with van der Waals surface area (Å²) in [6.07, 6.45) is 5.44. The van der Waals surface area contributed by atoms with Crippen molar-refractivity contribution in [1.82, 2.24) is 24.2 Å². The van der Waals surface area contributed by atoms with E-state index in [2.05, 4.69) is 15.4 Å². The van der Waals surface area contributed by atoms with Crippen molar-refractivity contribution in [2.45, 2.75) is 44.1 Å².